The van der Waals surface area contributed by atoms with Gasteiger partial charge < -0.3 is 9.47 Å². The molecule has 0 spiro atoms. The highest BCUT2D eigenvalue weighted by Gasteiger charge is 2.23. The van der Waals surface area contributed by atoms with Crippen molar-refractivity contribution >= 4 is 5.91 Å². The molecule has 1 amide bonds. The van der Waals surface area contributed by atoms with Gasteiger partial charge in [0.15, 0.2) is 6.10 Å². The number of amides is 1. The SMILES string of the molecule is COc1cc(C#N)cc(OC(C(=O)NN)C(C)C)c1. The van der Waals surface area contributed by atoms with Crippen molar-refractivity contribution in [1.29, 1.82) is 5.26 Å². The fourth-order valence-corrected chi connectivity index (χ4v) is 1.54. The highest BCUT2D eigenvalue weighted by molar-refractivity contribution is 5.80. The summed E-state index contributed by atoms with van der Waals surface area (Å²) in [4.78, 5) is 11.6. The van der Waals surface area contributed by atoms with Crippen LogP contribution in [0.4, 0.5) is 0 Å². The zero-order valence-corrected chi connectivity index (χ0v) is 11.1. The summed E-state index contributed by atoms with van der Waals surface area (Å²) in [5.74, 6) is 5.51. The minimum atomic E-state index is -0.733. The van der Waals surface area contributed by atoms with Crippen LogP contribution in [0.3, 0.4) is 0 Å². The number of nitriles is 1. The van der Waals surface area contributed by atoms with Crippen LogP contribution in [0.15, 0.2) is 18.2 Å². The van der Waals surface area contributed by atoms with Crippen molar-refractivity contribution in [2.75, 3.05) is 7.11 Å². The van der Waals surface area contributed by atoms with Crippen molar-refractivity contribution in [3.63, 3.8) is 0 Å². The molecular formula is C13H17N3O3. The molecule has 0 aliphatic heterocycles. The molecule has 6 nitrogen and oxygen atoms in total. The van der Waals surface area contributed by atoms with E-state index in [2.05, 4.69) is 5.43 Å². The van der Waals surface area contributed by atoms with E-state index in [0.717, 1.165) is 0 Å². The topological polar surface area (TPSA) is 97.4 Å². The second kappa shape index (κ2) is 6.61. The molecule has 6 heteroatoms. The van der Waals surface area contributed by atoms with Crippen LogP contribution in [-0.4, -0.2) is 19.1 Å². The summed E-state index contributed by atoms with van der Waals surface area (Å²) in [7, 11) is 1.49. The first-order chi connectivity index (χ1) is 9.01. The Morgan fingerprint density at radius 3 is 2.47 bits per heavy atom. The van der Waals surface area contributed by atoms with E-state index < -0.39 is 12.0 Å². The average molecular weight is 263 g/mol. The molecule has 0 aromatic heterocycles. The monoisotopic (exact) mass is 263 g/mol. The number of carbonyl (C=O) groups is 1. The fourth-order valence-electron chi connectivity index (χ4n) is 1.54. The van der Waals surface area contributed by atoms with E-state index in [4.69, 9.17) is 20.6 Å². The van der Waals surface area contributed by atoms with Gasteiger partial charge in [-0.2, -0.15) is 5.26 Å². The molecular weight excluding hydrogens is 246 g/mol. The molecule has 1 rings (SSSR count). The van der Waals surface area contributed by atoms with Crippen LogP contribution in [0.1, 0.15) is 19.4 Å². The molecule has 3 N–H and O–H groups in total. The van der Waals surface area contributed by atoms with Crippen molar-refractivity contribution in [2.24, 2.45) is 11.8 Å². The van der Waals surface area contributed by atoms with Gasteiger partial charge in [-0.1, -0.05) is 13.8 Å². The average Bonchev–Trinajstić information content (AvgIpc) is 2.43. The van der Waals surface area contributed by atoms with E-state index in [1.165, 1.54) is 7.11 Å². The van der Waals surface area contributed by atoms with Crippen LogP contribution in [0, 0.1) is 17.2 Å². The molecule has 0 radical (unpaired) electrons. The minimum absolute atomic E-state index is 0.0692. The largest absolute Gasteiger partial charge is 0.497 e. The van der Waals surface area contributed by atoms with Crippen LogP contribution in [0.25, 0.3) is 0 Å². The molecule has 102 valence electrons. The fraction of sp³-hybridized carbons (Fsp3) is 0.385. The number of carbonyl (C=O) groups excluding carboxylic acids is 1. The second-order valence-electron chi connectivity index (χ2n) is 4.30. The summed E-state index contributed by atoms with van der Waals surface area (Å²) in [6, 6.07) is 6.74. The van der Waals surface area contributed by atoms with Crippen LogP contribution in [0.2, 0.25) is 0 Å². The maximum absolute atomic E-state index is 11.6. The number of nitrogens with two attached hydrogens (primary N) is 1. The number of hydrazine groups is 1. The summed E-state index contributed by atoms with van der Waals surface area (Å²) < 4.78 is 10.7. The van der Waals surface area contributed by atoms with Crippen molar-refractivity contribution < 1.29 is 14.3 Å². The third kappa shape index (κ3) is 3.86. The Bertz CT molecular complexity index is 494. The lowest BCUT2D eigenvalue weighted by molar-refractivity contribution is -0.129. The quantitative estimate of drug-likeness (QED) is 0.468. The van der Waals surface area contributed by atoms with Crippen LogP contribution < -0.4 is 20.7 Å². The van der Waals surface area contributed by atoms with Gasteiger partial charge in [-0.15, -0.1) is 0 Å². The Hall–Kier alpha value is -2.26. The summed E-state index contributed by atoms with van der Waals surface area (Å²) in [6.07, 6.45) is -0.733. The van der Waals surface area contributed by atoms with E-state index in [1.54, 1.807) is 18.2 Å². The van der Waals surface area contributed by atoms with Gasteiger partial charge in [0.2, 0.25) is 0 Å². The van der Waals surface area contributed by atoms with Gasteiger partial charge in [-0.3, -0.25) is 10.2 Å². The highest BCUT2D eigenvalue weighted by Crippen LogP contribution is 2.24. The van der Waals surface area contributed by atoms with Crippen LogP contribution in [0.5, 0.6) is 11.5 Å². The first kappa shape index (κ1) is 14.8. The molecule has 1 unspecified atom stereocenters. The van der Waals surface area contributed by atoms with Crippen LogP contribution in [-0.2, 0) is 4.79 Å². The first-order valence-corrected chi connectivity index (χ1v) is 5.78. The Morgan fingerprint density at radius 2 is 2.00 bits per heavy atom. The third-order valence-electron chi connectivity index (χ3n) is 2.51. The molecule has 0 saturated heterocycles. The van der Waals surface area contributed by atoms with Gasteiger partial charge in [0.1, 0.15) is 11.5 Å². The molecule has 0 bridgehead atoms. The molecule has 1 aromatic rings. The van der Waals surface area contributed by atoms with Crippen LogP contribution >= 0.6 is 0 Å². The smallest absolute Gasteiger partial charge is 0.275 e. The number of ether oxygens (including phenoxy) is 2. The Labute approximate surface area is 112 Å². The zero-order chi connectivity index (χ0) is 14.4. The van der Waals surface area contributed by atoms with Gasteiger partial charge in [0, 0.05) is 6.07 Å². The van der Waals surface area contributed by atoms with Gasteiger partial charge in [-0.25, -0.2) is 5.84 Å². The number of benzene rings is 1. The van der Waals surface area contributed by atoms with Gasteiger partial charge in [-0.05, 0) is 18.1 Å². The number of hydrogen-bond donors (Lipinski definition) is 2. The zero-order valence-electron chi connectivity index (χ0n) is 11.1. The van der Waals surface area contributed by atoms with E-state index in [9.17, 15) is 4.79 Å². The molecule has 0 aliphatic carbocycles. The Kier molecular flexibility index (Phi) is 5.15. The van der Waals surface area contributed by atoms with Gasteiger partial charge in [0.25, 0.3) is 5.91 Å². The molecule has 1 atom stereocenters. The van der Waals surface area contributed by atoms with Crippen molar-refractivity contribution in [1.82, 2.24) is 5.43 Å². The molecule has 0 heterocycles. The second-order valence-corrected chi connectivity index (χ2v) is 4.30. The summed E-state index contributed by atoms with van der Waals surface area (Å²) in [6.45, 7) is 3.68. The molecule has 0 saturated carbocycles. The minimum Gasteiger partial charge on any atom is -0.497 e. The number of nitrogens with zero attached hydrogens (tertiary/aromatic N) is 1. The van der Waals surface area contributed by atoms with E-state index in [0.29, 0.717) is 17.1 Å². The molecule has 1 aromatic carbocycles. The van der Waals surface area contributed by atoms with E-state index in [-0.39, 0.29) is 5.92 Å². The first-order valence-electron chi connectivity index (χ1n) is 5.78. The molecule has 0 fully saturated rings. The standard InChI is InChI=1S/C13H17N3O3/c1-8(2)12(13(17)16-15)19-11-5-9(7-14)4-10(6-11)18-3/h4-6,8,12H,15H2,1-3H3,(H,16,17). The van der Waals surface area contributed by atoms with Crippen molar-refractivity contribution in [3.05, 3.63) is 23.8 Å². The predicted molar refractivity (Wildman–Crippen MR) is 69.3 cm³/mol. The number of rotatable bonds is 5. The van der Waals surface area contributed by atoms with Gasteiger partial charge >= 0.3 is 0 Å². The van der Waals surface area contributed by atoms with Crippen molar-refractivity contribution in [2.45, 2.75) is 20.0 Å². The maximum Gasteiger partial charge on any atom is 0.275 e. The highest BCUT2D eigenvalue weighted by atomic mass is 16.5. The molecule has 19 heavy (non-hydrogen) atoms. The lowest BCUT2D eigenvalue weighted by Crippen LogP contribution is -2.44. The van der Waals surface area contributed by atoms with Crippen molar-refractivity contribution in [3.8, 4) is 17.6 Å². The Morgan fingerprint density at radius 1 is 1.37 bits per heavy atom. The van der Waals surface area contributed by atoms with E-state index in [1.807, 2.05) is 19.9 Å². The third-order valence-corrected chi connectivity index (χ3v) is 2.51. The summed E-state index contributed by atoms with van der Waals surface area (Å²) >= 11 is 0. The molecule has 0 aliphatic rings. The van der Waals surface area contributed by atoms with Gasteiger partial charge in [0.05, 0.1) is 18.7 Å². The summed E-state index contributed by atoms with van der Waals surface area (Å²) in [5.41, 5.74) is 2.46. The lowest BCUT2D eigenvalue weighted by atomic mass is 10.1. The predicted octanol–water partition coefficient (Wildman–Crippen LogP) is 0.960. The maximum atomic E-state index is 11.6. The number of methoxy groups -OCH3 is 1. The number of nitrogens with one attached hydrogen (secondary N) is 1. The summed E-state index contributed by atoms with van der Waals surface area (Å²) in [5, 5.41) is 8.92. The van der Waals surface area contributed by atoms with E-state index >= 15 is 0 Å². The number of hydrogen-bond acceptors (Lipinski definition) is 5. The lowest BCUT2D eigenvalue weighted by Gasteiger charge is -2.21. The Balaban J connectivity index is 3.02. The normalized spacial score (nSPS) is 11.6.